The molecule has 0 aliphatic carbocycles. The van der Waals surface area contributed by atoms with Gasteiger partial charge in [0.15, 0.2) is 0 Å². The van der Waals surface area contributed by atoms with Gasteiger partial charge < -0.3 is 5.32 Å². The van der Waals surface area contributed by atoms with Gasteiger partial charge >= 0.3 is 6.18 Å². The molecule has 0 aliphatic heterocycles. The van der Waals surface area contributed by atoms with Crippen molar-refractivity contribution < 1.29 is 26.4 Å². The first-order chi connectivity index (χ1) is 12.9. The van der Waals surface area contributed by atoms with Gasteiger partial charge in [-0.15, -0.1) is 0 Å². The van der Waals surface area contributed by atoms with E-state index in [2.05, 4.69) is 5.32 Å². The van der Waals surface area contributed by atoms with E-state index in [0.717, 1.165) is 46.0 Å². The molecular weight excluding hydrogens is 393 g/mol. The average molecular weight is 414 g/mol. The summed E-state index contributed by atoms with van der Waals surface area (Å²) in [5, 5.41) is 2.70. The molecule has 1 atom stereocenters. The first kappa shape index (κ1) is 21.7. The lowest BCUT2D eigenvalue weighted by Crippen LogP contribution is -2.41. The number of nitrogens with zero attached hydrogens (tertiary/aromatic N) is 1. The third-order valence-electron chi connectivity index (χ3n) is 4.13. The van der Waals surface area contributed by atoms with Gasteiger partial charge in [0.2, 0.25) is 15.9 Å². The van der Waals surface area contributed by atoms with Crippen LogP contribution in [0.2, 0.25) is 0 Å². The smallest absolute Gasteiger partial charge is 0.348 e. The van der Waals surface area contributed by atoms with Gasteiger partial charge in [0.1, 0.15) is 6.54 Å². The van der Waals surface area contributed by atoms with Crippen molar-refractivity contribution in [2.45, 2.75) is 26.1 Å². The first-order valence-corrected chi connectivity index (χ1v) is 10.2. The lowest BCUT2D eigenvalue weighted by atomic mass is 10.1. The van der Waals surface area contributed by atoms with E-state index in [-0.39, 0.29) is 11.7 Å². The van der Waals surface area contributed by atoms with E-state index in [0.29, 0.717) is 0 Å². The van der Waals surface area contributed by atoms with Crippen LogP contribution < -0.4 is 9.62 Å². The molecule has 9 heteroatoms. The topological polar surface area (TPSA) is 66.5 Å². The maximum absolute atomic E-state index is 12.7. The molecule has 0 saturated heterocycles. The number of hydrogen-bond donors (Lipinski definition) is 1. The number of carbonyl (C=O) groups is 1. The Labute approximate surface area is 162 Å². The van der Waals surface area contributed by atoms with E-state index >= 15 is 0 Å². The maximum atomic E-state index is 12.7. The van der Waals surface area contributed by atoms with E-state index in [9.17, 15) is 26.4 Å². The number of amides is 1. The molecule has 2 rings (SSSR count). The summed E-state index contributed by atoms with van der Waals surface area (Å²) in [5.41, 5.74) is 0.989. The second kappa shape index (κ2) is 8.22. The number of alkyl halides is 3. The molecule has 0 heterocycles. The largest absolute Gasteiger partial charge is 0.416 e. The molecule has 1 N–H and O–H groups in total. The van der Waals surface area contributed by atoms with E-state index in [4.69, 9.17) is 0 Å². The quantitative estimate of drug-likeness (QED) is 0.785. The highest BCUT2D eigenvalue weighted by Crippen LogP contribution is 2.31. The number of sulfonamides is 1. The van der Waals surface area contributed by atoms with Gasteiger partial charge in [-0.25, -0.2) is 8.42 Å². The number of carbonyl (C=O) groups excluding carboxylic acids is 1. The summed E-state index contributed by atoms with van der Waals surface area (Å²) in [6.45, 7) is 3.15. The molecule has 28 heavy (non-hydrogen) atoms. The predicted octanol–water partition coefficient (Wildman–Crippen LogP) is 3.66. The molecule has 0 fully saturated rings. The summed E-state index contributed by atoms with van der Waals surface area (Å²) < 4.78 is 63.0. The molecule has 0 radical (unpaired) electrons. The zero-order valence-electron chi connectivity index (χ0n) is 15.6. The molecule has 0 bridgehead atoms. The number of aryl methyl sites for hydroxylation is 1. The van der Waals surface area contributed by atoms with Gasteiger partial charge in [-0.3, -0.25) is 9.10 Å². The van der Waals surface area contributed by atoms with Crippen LogP contribution in [-0.2, 0) is 21.0 Å². The molecule has 0 spiro atoms. The van der Waals surface area contributed by atoms with Gasteiger partial charge in [0.25, 0.3) is 0 Å². The van der Waals surface area contributed by atoms with Crippen LogP contribution in [0.4, 0.5) is 18.9 Å². The fourth-order valence-electron chi connectivity index (χ4n) is 2.57. The third-order valence-corrected chi connectivity index (χ3v) is 5.27. The minimum absolute atomic E-state index is 0.0198. The molecule has 0 aromatic heterocycles. The number of nitrogens with one attached hydrogen (secondary N) is 1. The molecule has 1 amide bonds. The van der Waals surface area contributed by atoms with Crippen molar-refractivity contribution in [3.8, 4) is 0 Å². The Kier molecular flexibility index (Phi) is 6.38. The Morgan fingerprint density at radius 2 is 1.61 bits per heavy atom. The summed E-state index contributed by atoms with van der Waals surface area (Å²) in [5.74, 6) is -0.571. The highest BCUT2D eigenvalue weighted by Gasteiger charge is 2.31. The van der Waals surface area contributed by atoms with E-state index in [1.165, 1.54) is 0 Å². The van der Waals surface area contributed by atoms with Crippen LogP contribution in [0.15, 0.2) is 48.5 Å². The maximum Gasteiger partial charge on any atom is 0.416 e. The van der Waals surface area contributed by atoms with Crippen molar-refractivity contribution >= 4 is 21.6 Å². The van der Waals surface area contributed by atoms with Crippen LogP contribution in [0, 0.1) is 6.92 Å². The molecule has 5 nitrogen and oxygen atoms in total. The molecule has 2 aromatic carbocycles. The number of anilines is 1. The number of halogens is 3. The Morgan fingerprint density at radius 3 is 2.07 bits per heavy atom. The van der Waals surface area contributed by atoms with Crippen LogP contribution in [0.25, 0.3) is 0 Å². The van der Waals surface area contributed by atoms with Crippen LogP contribution >= 0.6 is 0 Å². The normalized spacial score (nSPS) is 13.1. The SMILES string of the molecule is Cc1ccc(C(C)NC(=O)CN(c2ccc(C(F)(F)F)cc2)S(C)(=O)=O)cc1. The minimum Gasteiger partial charge on any atom is -0.348 e. The van der Waals surface area contributed by atoms with Crippen molar-refractivity contribution in [1.82, 2.24) is 5.32 Å². The van der Waals surface area contributed by atoms with Crippen molar-refractivity contribution in [2.24, 2.45) is 0 Å². The Bertz CT molecular complexity index is 924. The van der Waals surface area contributed by atoms with Crippen molar-refractivity contribution in [3.05, 3.63) is 65.2 Å². The molecule has 1 unspecified atom stereocenters. The second-order valence-electron chi connectivity index (χ2n) is 6.51. The molecular formula is C19H21F3N2O3S. The zero-order chi connectivity index (χ0) is 21.1. The molecule has 0 saturated carbocycles. The van der Waals surface area contributed by atoms with Gasteiger partial charge in [0.05, 0.1) is 23.5 Å². The summed E-state index contributed by atoms with van der Waals surface area (Å²) in [6, 6.07) is 10.7. The zero-order valence-corrected chi connectivity index (χ0v) is 16.4. The van der Waals surface area contributed by atoms with E-state index in [1.807, 2.05) is 31.2 Å². The standard InChI is InChI=1S/C19H21F3N2O3S/c1-13-4-6-15(7-5-13)14(2)23-18(25)12-24(28(3,26)27)17-10-8-16(9-11-17)19(20,21)22/h4-11,14H,12H2,1-3H3,(H,23,25). The van der Waals surface area contributed by atoms with Gasteiger partial charge in [-0.1, -0.05) is 29.8 Å². The number of hydrogen-bond acceptors (Lipinski definition) is 3. The summed E-state index contributed by atoms with van der Waals surface area (Å²) in [4.78, 5) is 12.4. The summed E-state index contributed by atoms with van der Waals surface area (Å²) >= 11 is 0. The third kappa shape index (κ3) is 5.72. The number of rotatable bonds is 6. The molecule has 152 valence electrons. The lowest BCUT2D eigenvalue weighted by Gasteiger charge is -2.23. The fourth-order valence-corrected chi connectivity index (χ4v) is 3.43. The summed E-state index contributed by atoms with van der Waals surface area (Å²) in [6.07, 6.45) is -3.64. The summed E-state index contributed by atoms with van der Waals surface area (Å²) in [7, 11) is -3.88. The van der Waals surface area contributed by atoms with Crippen LogP contribution in [0.1, 0.15) is 29.7 Å². The van der Waals surface area contributed by atoms with Crippen molar-refractivity contribution in [3.63, 3.8) is 0 Å². The highest BCUT2D eigenvalue weighted by atomic mass is 32.2. The van der Waals surface area contributed by atoms with Crippen LogP contribution in [0.5, 0.6) is 0 Å². The minimum atomic E-state index is -4.53. The van der Waals surface area contributed by atoms with Gasteiger partial charge in [-0.05, 0) is 43.7 Å². The van der Waals surface area contributed by atoms with E-state index < -0.39 is 34.2 Å². The van der Waals surface area contributed by atoms with Crippen LogP contribution in [0.3, 0.4) is 0 Å². The Balaban J connectivity index is 2.16. The Hall–Kier alpha value is -2.55. The monoisotopic (exact) mass is 414 g/mol. The fraction of sp³-hybridized carbons (Fsp3) is 0.316. The second-order valence-corrected chi connectivity index (χ2v) is 8.42. The van der Waals surface area contributed by atoms with Crippen LogP contribution in [-0.4, -0.2) is 27.1 Å². The molecule has 2 aromatic rings. The lowest BCUT2D eigenvalue weighted by molar-refractivity contribution is -0.137. The first-order valence-electron chi connectivity index (χ1n) is 8.39. The van der Waals surface area contributed by atoms with Crippen molar-refractivity contribution in [1.29, 1.82) is 0 Å². The molecule has 0 aliphatic rings. The van der Waals surface area contributed by atoms with Gasteiger partial charge in [-0.2, -0.15) is 13.2 Å². The average Bonchev–Trinajstić information content (AvgIpc) is 2.58. The number of benzene rings is 2. The van der Waals surface area contributed by atoms with Gasteiger partial charge in [0, 0.05) is 0 Å². The predicted molar refractivity (Wildman–Crippen MR) is 101 cm³/mol. The van der Waals surface area contributed by atoms with Crippen molar-refractivity contribution in [2.75, 3.05) is 17.1 Å². The highest BCUT2D eigenvalue weighted by molar-refractivity contribution is 7.92. The van der Waals surface area contributed by atoms with E-state index in [1.54, 1.807) is 6.92 Å². The Morgan fingerprint density at radius 1 is 1.07 bits per heavy atom.